The predicted molar refractivity (Wildman–Crippen MR) is 104 cm³/mol. The van der Waals surface area contributed by atoms with Crippen molar-refractivity contribution in [3.8, 4) is 0 Å². The van der Waals surface area contributed by atoms with E-state index in [2.05, 4.69) is 32.5 Å². The Morgan fingerprint density at radius 3 is 2.46 bits per heavy atom. The van der Waals surface area contributed by atoms with Crippen molar-refractivity contribution >= 4 is 17.5 Å². The van der Waals surface area contributed by atoms with Crippen molar-refractivity contribution in [3.63, 3.8) is 0 Å². The maximum absolute atomic E-state index is 13.3. The van der Waals surface area contributed by atoms with E-state index in [4.69, 9.17) is 0 Å². The fourth-order valence-corrected chi connectivity index (χ4v) is 3.17. The minimum absolute atomic E-state index is 0.135. The van der Waals surface area contributed by atoms with Gasteiger partial charge in [0.1, 0.15) is 5.82 Å². The number of aromatic nitrogens is 1. The van der Waals surface area contributed by atoms with Crippen molar-refractivity contribution in [3.05, 3.63) is 60.2 Å². The molecule has 0 bridgehead atoms. The molecule has 2 heterocycles. The van der Waals surface area contributed by atoms with Crippen LogP contribution in [0.2, 0.25) is 0 Å². The van der Waals surface area contributed by atoms with Gasteiger partial charge in [-0.3, -0.25) is 19.5 Å². The van der Waals surface area contributed by atoms with Crippen LogP contribution in [0.4, 0.5) is 10.1 Å². The second-order valence-corrected chi connectivity index (χ2v) is 6.81. The molecule has 1 unspecified atom stereocenters. The van der Waals surface area contributed by atoms with Crippen LogP contribution in [0.3, 0.4) is 0 Å². The lowest BCUT2D eigenvalue weighted by molar-refractivity contribution is -0.136. The van der Waals surface area contributed by atoms with Crippen molar-refractivity contribution in [2.24, 2.45) is 0 Å². The van der Waals surface area contributed by atoms with Gasteiger partial charge in [-0.15, -0.1) is 0 Å². The molecule has 1 aliphatic heterocycles. The van der Waals surface area contributed by atoms with Gasteiger partial charge in [-0.25, -0.2) is 4.39 Å². The smallest absolute Gasteiger partial charge is 0.313 e. The number of nitrogens with zero attached hydrogens (tertiary/aromatic N) is 3. The molecule has 2 N–H and O–H groups in total. The second kappa shape index (κ2) is 9.38. The fraction of sp³-hybridized carbons (Fsp3) is 0.350. The monoisotopic (exact) mass is 385 g/mol. The van der Waals surface area contributed by atoms with Gasteiger partial charge in [0.15, 0.2) is 0 Å². The molecule has 0 radical (unpaired) electrons. The van der Waals surface area contributed by atoms with E-state index < -0.39 is 11.8 Å². The van der Waals surface area contributed by atoms with Crippen LogP contribution in [0, 0.1) is 5.82 Å². The maximum Gasteiger partial charge on any atom is 0.313 e. The minimum Gasteiger partial charge on any atom is -0.346 e. The molecule has 2 amide bonds. The number of carbonyl (C=O) groups excluding carboxylic acids is 2. The molecule has 7 nitrogen and oxygen atoms in total. The molecule has 28 heavy (non-hydrogen) atoms. The Kier molecular flexibility index (Phi) is 6.67. The number of amides is 2. The summed E-state index contributed by atoms with van der Waals surface area (Å²) in [6, 6.07) is 9.46. The number of likely N-dealkylation sites (N-methyl/N-ethyl adjacent to an activating group) is 1. The quantitative estimate of drug-likeness (QED) is 0.758. The Balaban J connectivity index is 1.64. The number of piperazine rings is 1. The molecule has 0 saturated carbocycles. The van der Waals surface area contributed by atoms with Gasteiger partial charge in [-0.05, 0) is 36.9 Å². The molecule has 8 heteroatoms. The zero-order valence-corrected chi connectivity index (χ0v) is 15.8. The molecule has 1 aromatic carbocycles. The van der Waals surface area contributed by atoms with E-state index in [-0.39, 0.29) is 18.4 Å². The van der Waals surface area contributed by atoms with Crippen LogP contribution in [0.1, 0.15) is 11.6 Å². The number of anilines is 1. The number of halogens is 1. The first-order valence-electron chi connectivity index (χ1n) is 9.20. The van der Waals surface area contributed by atoms with Crippen LogP contribution >= 0.6 is 0 Å². The molecule has 1 fully saturated rings. The van der Waals surface area contributed by atoms with Gasteiger partial charge in [0.2, 0.25) is 0 Å². The van der Waals surface area contributed by atoms with Gasteiger partial charge in [0, 0.05) is 38.9 Å². The van der Waals surface area contributed by atoms with E-state index >= 15 is 0 Å². The Bertz CT molecular complexity index is 792. The number of benzene rings is 1. The van der Waals surface area contributed by atoms with E-state index in [0.29, 0.717) is 5.69 Å². The van der Waals surface area contributed by atoms with Crippen LogP contribution in [0.25, 0.3) is 0 Å². The predicted octanol–water partition coefficient (Wildman–Crippen LogP) is 1.26. The highest BCUT2D eigenvalue weighted by molar-refractivity contribution is 6.39. The molecule has 1 aliphatic rings. The zero-order valence-electron chi connectivity index (χ0n) is 15.8. The molecule has 1 aromatic heterocycles. The van der Waals surface area contributed by atoms with Crippen LogP contribution in [0.15, 0.2) is 48.8 Å². The van der Waals surface area contributed by atoms with Crippen molar-refractivity contribution in [2.75, 3.05) is 45.1 Å². The summed E-state index contributed by atoms with van der Waals surface area (Å²) in [6.07, 6.45) is 3.05. The largest absolute Gasteiger partial charge is 0.346 e. The summed E-state index contributed by atoms with van der Waals surface area (Å²) in [7, 11) is 2.06. The molecular weight excluding hydrogens is 361 g/mol. The summed E-state index contributed by atoms with van der Waals surface area (Å²) in [5, 5.41) is 5.22. The molecule has 0 aliphatic carbocycles. The molecular formula is C20H24FN5O2. The summed E-state index contributed by atoms with van der Waals surface area (Å²) in [6.45, 7) is 3.74. The van der Waals surface area contributed by atoms with Crippen LogP contribution < -0.4 is 10.6 Å². The standard InChI is InChI=1S/C20H24FN5O2/c1-25-9-11-26(12-10-25)18(15-4-6-16(21)7-5-15)14-23-19(27)20(28)24-17-3-2-8-22-13-17/h2-8,13,18H,9-12,14H2,1H3,(H,23,27)(H,24,28). The van der Waals surface area contributed by atoms with Gasteiger partial charge < -0.3 is 15.5 Å². The van der Waals surface area contributed by atoms with Gasteiger partial charge in [0.05, 0.1) is 17.9 Å². The Hall–Kier alpha value is -2.84. The number of nitrogens with one attached hydrogen (secondary N) is 2. The highest BCUT2D eigenvalue weighted by Crippen LogP contribution is 2.22. The number of carbonyl (C=O) groups is 2. The molecule has 1 saturated heterocycles. The minimum atomic E-state index is -0.746. The van der Waals surface area contributed by atoms with Crippen molar-refractivity contribution in [2.45, 2.75) is 6.04 Å². The first kappa shape index (κ1) is 19.9. The van der Waals surface area contributed by atoms with E-state index in [1.54, 1.807) is 30.5 Å². The topological polar surface area (TPSA) is 77.6 Å². The highest BCUT2D eigenvalue weighted by Gasteiger charge is 2.25. The molecule has 0 spiro atoms. The first-order valence-corrected chi connectivity index (χ1v) is 9.20. The third-order valence-corrected chi connectivity index (χ3v) is 4.82. The van der Waals surface area contributed by atoms with Crippen LogP contribution in [-0.4, -0.2) is 66.4 Å². The number of hydrogen-bond acceptors (Lipinski definition) is 5. The van der Waals surface area contributed by atoms with Crippen molar-refractivity contribution < 1.29 is 14.0 Å². The maximum atomic E-state index is 13.3. The zero-order chi connectivity index (χ0) is 19.9. The molecule has 2 aromatic rings. The highest BCUT2D eigenvalue weighted by atomic mass is 19.1. The molecule has 1 atom stereocenters. The van der Waals surface area contributed by atoms with Crippen LogP contribution in [0.5, 0.6) is 0 Å². The summed E-state index contributed by atoms with van der Waals surface area (Å²) in [4.78, 5) is 32.7. The second-order valence-electron chi connectivity index (χ2n) is 6.81. The third-order valence-electron chi connectivity index (χ3n) is 4.82. The molecule has 148 valence electrons. The molecule has 3 rings (SSSR count). The lowest BCUT2D eigenvalue weighted by atomic mass is 10.0. The average molecular weight is 385 g/mol. The lowest BCUT2D eigenvalue weighted by Crippen LogP contribution is -2.49. The van der Waals surface area contributed by atoms with Gasteiger partial charge >= 0.3 is 11.8 Å². The summed E-state index contributed by atoms with van der Waals surface area (Å²) < 4.78 is 13.3. The Morgan fingerprint density at radius 2 is 1.82 bits per heavy atom. The van der Waals surface area contributed by atoms with Gasteiger partial charge in [-0.2, -0.15) is 0 Å². The number of rotatable bonds is 5. The first-order chi connectivity index (χ1) is 13.5. The van der Waals surface area contributed by atoms with Crippen LogP contribution in [-0.2, 0) is 9.59 Å². The van der Waals surface area contributed by atoms with E-state index in [1.807, 2.05) is 0 Å². The Labute approximate surface area is 163 Å². The Morgan fingerprint density at radius 1 is 1.11 bits per heavy atom. The normalized spacial score (nSPS) is 16.4. The van der Waals surface area contributed by atoms with Crippen molar-refractivity contribution in [1.82, 2.24) is 20.1 Å². The van der Waals surface area contributed by atoms with Crippen molar-refractivity contribution in [1.29, 1.82) is 0 Å². The number of hydrogen-bond donors (Lipinski definition) is 2. The fourth-order valence-electron chi connectivity index (χ4n) is 3.17. The summed E-state index contributed by atoms with van der Waals surface area (Å²) in [5.74, 6) is -1.77. The van der Waals surface area contributed by atoms with Gasteiger partial charge in [0.25, 0.3) is 0 Å². The third kappa shape index (κ3) is 5.34. The van der Waals surface area contributed by atoms with Gasteiger partial charge in [-0.1, -0.05) is 12.1 Å². The lowest BCUT2D eigenvalue weighted by Gasteiger charge is -2.38. The SMILES string of the molecule is CN1CCN(C(CNC(=O)C(=O)Nc2cccnc2)c2ccc(F)cc2)CC1. The summed E-state index contributed by atoms with van der Waals surface area (Å²) >= 11 is 0. The average Bonchev–Trinajstić information content (AvgIpc) is 2.71. The van der Waals surface area contributed by atoms with E-state index in [0.717, 1.165) is 31.7 Å². The van der Waals surface area contributed by atoms with E-state index in [9.17, 15) is 14.0 Å². The summed E-state index contributed by atoms with van der Waals surface area (Å²) in [5.41, 5.74) is 1.36. The van der Waals surface area contributed by atoms with E-state index in [1.165, 1.54) is 18.3 Å². The number of pyridine rings is 1.